The van der Waals surface area contributed by atoms with Crippen molar-refractivity contribution in [2.75, 3.05) is 18.0 Å². The van der Waals surface area contributed by atoms with E-state index in [-0.39, 0.29) is 17.5 Å². The van der Waals surface area contributed by atoms with Crippen LogP contribution in [-0.4, -0.2) is 36.1 Å². The number of carboxylic acids is 1. The van der Waals surface area contributed by atoms with Gasteiger partial charge in [-0.2, -0.15) is 0 Å². The lowest BCUT2D eigenvalue weighted by molar-refractivity contribution is -0.122. The third-order valence-corrected chi connectivity index (χ3v) is 3.31. The van der Waals surface area contributed by atoms with Crippen LogP contribution in [0.1, 0.15) is 17.3 Å². The van der Waals surface area contributed by atoms with Crippen molar-refractivity contribution in [1.29, 1.82) is 0 Å². The van der Waals surface area contributed by atoms with Gasteiger partial charge in [0.15, 0.2) is 0 Å². The van der Waals surface area contributed by atoms with Crippen LogP contribution >= 0.6 is 11.6 Å². The monoisotopic (exact) mass is 268 g/mol. The van der Waals surface area contributed by atoms with Crippen molar-refractivity contribution in [3.8, 4) is 0 Å². The normalized spacial score (nSPS) is 19.6. The Morgan fingerprint density at radius 3 is 2.89 bits per heavy atom. The smallest absolute Gasteiger partial charge is 0.335 e. The molecule has 1 aromatic rings. The minimum absolute atomic E-state index is 0.0559. The number of nitrogens with one attached hydrogen (secondary N) is 1. The van der Waals surface area contributed by atoms with Gasteiger partial charge in [-0.25, -0.2) is 4.79 Å². The average molecular weight is 269 g/mol. The number of rotatable bonds is 2. The van der Waals surface area contributed by atoms with Gasteiger partial charge in [-0.1, -0.05) is 11.6 Å². The topological polar surface area (TPSA) is 69.6 Å². The van der Waals surface area contributed by atoms with E-state index in [9.17, 15) is 9.59 Å². The van der Waals surface area contributed by atoms with Crippen molar-refractivity contribution < 1.29 is 14.7 Å². The average Bonchev–Trinajstić information content (AvgIpc) is 2.33. The summed E-state index contributed by atoms with van der Waals surface area (Å²) in [4.78, 5) is 24.3. The SMILES string of the molecule is CC1C(=O)NCCN1c1ccc(C(=O)O)cc1Cl. The first kappa shape index (κ1) is 12.7. The molecule has 1 heterocycles. The van der Waals surface area contributed by atoms with Gasteiger partial charge in [-0.15, -0.1) is 0 Å². The van der Waals surface area contributed by atoms with Gasteiger partial charge in [0.25, 0.3) is 0 Å². The molecule has 1 aliphatic heterocycles. The molecule has 0 spiro atoms. The number of aromatic carboxylic acids is 1. The van der Waals surface area contributed by atoms with Crippen molar-refractivity contribution in [1.82, 2.24) is 5.32 Å². The molecule has 0 aromatic heterocycles. The molecule has 1 atom stereocenters. The maximum absolute atomic E-state index is 11.6. The number of carbonyl (C=O) groups excluding carboxylic acids is 1. The van der Waals surface area contributed by atoms with E-state index in [4.69, 9.17) is 16.7 Å². The standard InChI is InChI=1S/C12H13ClN2O3/c1-7-11(16)14-4-5-15(7)10-3-2-8(12(17)18)6-9(10)13/h2-3,6-7H,4-5H2,1H3,(H,14,16)(H,17,18). The number of hydrogen-bond acceptors (Lipinski definition) is 3. The molecule has 1 saturated heterocycles. The quantitative estimate of drug-likeness (QED) is 0.850. The number of anilines is 1. The third-order valence-electron chi connectivity index (χ3n) is 3.00. The fraction of sp³-hybridized carbons (Fsp3) is 0.333. The van der Waals surface area contributed by atoms with Crippen LogP contribution in [0.2, 0.25) is 5.02 Å². The first-order valence-corrected chi connectivity index (χ1v) is 5.95. The van der Waals surface area contributed by atoms with Crippen molar-refractivity contribution >= 4 is 29.2 Å². The largest absolute Gasteiger partial charge is 0.478 e. The third kappa shape index (κ3) is 2.26. The van der Waals surface area contributed by atoms with Gasteiger partial charge in [-0.3, -0.25) is 4.79 Å². The van der Waals surface area contributed by atoms with Crippen LogP contribution in [0.5, 0.6) is 0 Å². The predicted octanol–water partition coefficient (Wildman–Crippen LogP) is 1.36. The molecule has 6 heteroatoms. The Bertz CT molecular complexity index is 504. The Morgan fingerprint density at radius 1 is 1.56 bits per heavy atom. The molecule has 1 aliphatic rings. The highest BCUT2D eigenvalue weighted by Crippen LogP contribution is 2.29. The highest BCUT2D eigenvalue weighted by Gasteiger charge is 2.27. The maximum atomic E-state index is 11.6. The summed E-state index contributed by atoms with van der Waals surface area (Å²) in [5, 5.41) is 12.0. The Balaban J connectivity index is 2.33. The minimum atomic E-state index is -1.02. The van der Waals surface area contributed by atoms with E-state index in [1.54, 1.807) is 13.0 Å². The van der Waals surface area contributed by atoms with E-state index in [1.165, 1.54) is 12.1 Å². The Labute approximate surface area is 109 Å². The van der Waals surface area contributed by atoms with E-state index in [0.29, 0.717) is 23.8 Å². The molecule has 0 radical (unpaired) electrons. The van der Waals surface area contributed by atoms with Crippen LogP contribution in [0.25, 0.3) is 0 Å². The van der Waals surface area contributed by atoms with Crippen LogP contribution in [0.4, 0.5) is 5.69 Å². The van der Waals surface area contributed by atoms with Crippen LogP contribution < -0.4 is 10.2 Å². The second-order valence-electron chi connectivity index (χ2n) is 4.13. The van der Waals surface area contributed by atoms with Gasteiger partial charge in [-0.05, 0) is 25.1 Å². The zero-order chi connectivity index (χ0) is 13.3. The molecule has 1 aromatic carbocycles. The summed E-state index contributed by atoms with van der Waals surface area (Å²) in [6, 6.07) is 4.22. The van der Waals surface area contributed by atoms with Crippen LogP contribution in [0.15, 0.2) is 18.2 Å². The van der Waals surface area contributed by atoms with Gasteiger partial charge >= 0.3 is 5.97 Å². The minimum Gasteiger partial charge on any atom is -0.478 e. The van der Waals surface area contributed by atoms with E-state index < -0.39 is 5.97 Å². The van der Waals surface area contributed by atoms with Crippen molar-refractivity contribution in [3.63, 3.8) is 0 Å². The lowest BCUT2D eigenvalue weighted by Gasteiger charge is -2.35. The Kier molecular flexibility index (Phi) is 3.43. The van der Waals surface area contributed by atoms with Crippen molar-refractivity contribution in [2.24, 2.45) is 0 Å². The van der Waals surface area contributed by atoms with Crippen LogP contribution in [-0.2, 0) is 4.79 Å². The van der Waals surface area contributed by atoms with Gasteiger partial charge < -0.3 is 15.3 Å². The van der Waals surface area contributed by atoms with Crippen LogP contribution in [0.3, 0.4) is 0 Å². The first-order chi connectivity index (χ1) is 8.50. The highest BCUT2D eigenvalue weighted by molar-refractivity contribution is 6.33. The van der Waals surface area contributed by atoms with E-state index in [0.717, 1.165) is 0 Å². The molecule has 0 aliphatic carbocycles. The molecule has 0 bridgehead atoms. The highest BCUT2D eigenvalue weighted by atomic mass is 35.5. The Hall–Kier alpha value is -1.75. The number of carboxylic acid groups (broad SMARTS) is 1. The van der Waals surface area contributed by atoms with E-state index in [2.05, 4.69) is 5.32 Å². The first-order valence-electron chi connectivity index (χ1n) is 5.58. The number of nitrogens with zero attached hydrogens (tertiary/aromatic N) is 1. The zero-order valence-electron chi connectivity index (χ0n) is 9.81. The van der Waals surface area contributed by atoms with Gasteiger partial charge in [0.05, 0.1) is 16.3 Å². The second-order valence-corrected chi connectivity index (χ2v) is 4.54. The summed E-state index contributed by atoms with van der Waals surface area (Å²) in [6.45, 7) is 3.00. The van der Waals surface area contributed by atoms with E-state index >= 15 is 0 Å². The molecule has 0 saturated carbocycles. The molecule has 1 fully saturated rings. The zero-order valence-corrected chi connectivity index (χ0v) is 10.6. The molecule has 5 nitrogen and oxygen atoms in total. The lowest BCUT2D eigenvalue weighted by atomic mass is 10.1. The summed E-state index contributed by atoms with van der Waals surface area (Å²) in [5.74, 6) is -1.08. The summed E-state index contributed by atoms with van der Waals surface area (Å²) < 4.78 is 0. The van der Waals surface area contributed by atoms with Crippen molar-refractivity contribution in [3.05, 3.63) is 28.8 Å². The summed E-state index contributed by atoms with van der Waals surface area (Å²) in [7, 11) is 0. The summed E-state index contributed by atoms with van der Waals surface area (Å²) >= 11 is 6.08. The fourth-order valence-electron chi connectivity index (χ4n) is 1.98. The van der Waals surface area contributed by atoms with Gasteiger partial charge in [0.2, 0.25) is 5.91 Å². The number of amides is 1. The van der Waals surface area contributed by atoms with Crippen molar-refractivity contribution in [2.45, 2.75) is 13.0 Å². The second kappa shape index (κ2) is 4.86. The summed E-state index contributed by atoms with van der Waals surface area (Å²) in [6.07, 6.45) is 0. The summed E-state index contributed by atoms with van der Waals surface area (Å²) in [5.41, 5.74) is 0.821. The lowest BCUT2D eigenvalue weighted by Crippen LogP contribution is -2.54. The molecule has 1 amide bonds. The van der Waals surface area contributed by atoms with Gasteiger partial charge in [0.1, 0.15) is 6.04 Å². The molecule has 2 rings (SSSR count). The molecule has 96 valence electrons. The fourth-order valence-corrected chi connectivity index (χ4v) is 2.27. The number of carbonyl (C=O) groups is 2. The molecular formula is C12H13ClN2O3. The number of piperazine rings is 1. The number of hydrogen-bond donors (Lipinski definition) is 2. The predicted molar refractivity (Wildman–Crippen MR) is 68.2 cm³/mol. The Morgan fingerprint density at radius 2 is 2.28 bits per heavy atom. The number of halogens is 1. The number of benzene rings is 1. The molecule has 2 N–H and O–H groups in total. The molecule has 1 unspecified atom stereocenters. The van der Waals surface area contributed by atoms with Crippen LogP contribution in [0, 0.1) is 0 Å². The maximum Gasteiger partial charge on any atom is 0.335 e. The molecular weight excluding hydrogens is 256 g/mol. The van der Waals surface area contributed by atoms with E-state index in [1.807, 2.05) is 4.90 Å². The van der Waals surface area contributed by atoms with Gasteiger partial charge in [0, 0.05) is 13.1 Å². The molecule has 18 heavy (non-hydrogen) atoms.